The number of nitrogens with one attached hydrogen (secondary N) is 1. The molecule has 0 fully saturated rings. The van der Waals surface area contributed by atoms with Gasteiger partial charge in [-0.3, -0.25) is 4.79 Å². The van der Waals surface area contributed by atoms with Crippen LogP contribution in [0, 0.1) is 20.8 Å². The van der Waals surface area contributed by atoms with Crippen molar-refractivity contribution in [2.75, 3.05) is 18.4 Å². The number of rotatable bonds is 8. The maximum atomic E-state index is 12.9. The molecule has 2 aromatic rings. The zero-order chi connectivity index (χ0) is 21.8. The summed E-state index contributed by atoms with van der Waals surface area (Å²) < 4.78 is 32.9. The smallest absolute Gasteiger partial charge is 0.265 e. The first-order chi connectivity index (χ1) is 13.6. The van der Waals surface area contributed by atoms with Gasteiger partial charge < -0.3 is 10.1 Å². The Labute approximate surface area is 173 Å². The third-order valence-electron chi connectivity index (χ3n) is 4.91. The molecule has 0 saturated carbocycles. The van der Waals surface area contributed by atoms with Crippen molar-refractivity contribution in [3.63, 3.8) is 0 Å². The van der Waals surface area contributed by atoms with Gasteiger partial charge in [-0.1, -0.05) is 26.0 Å². The van der Waals surface area contributed by atoms with Crippen LogP contribution in [0.15, 0.2) is 41.3 Å². The Bertz CT molecular complexity index is 982. The van der Waals surface area contributed by atoms with Crippen LogP contribution < -0.4 is 10.1 Å². The number of aryl methyl sites for hydroxylation is 2. The van der Waals surface area contributed by atoms with E-state index >= 15 is 0 Å². The molecule has 158 valence electrons. The third-order valence-corrected chi connectivity index (χ3v) is 6.94. The van der Waals surface area contributed by atoms with Crippen molar-refractivity contribution in [1.29, 1.82) is 0 Å². The molecule has 1 atom stereocenters. The van der Waals surface area contributed by atoms with E-state index in [4.69, 9.17) is 4.74 Å². The number of hydrogen-bond acceptors (Lipinski definition) is 4. The molecule has 7 heteroatoms. The molecule has 0 bridgehead atoms. The van der Waals surface area contributed by atoms with Gasteiger partial charge in [-0.15, -0.1) is 0 Å². The monoisotopic (exact) mass is 418 g/mol. The molecule has 0 aliphatic heterocycles. The molecule has 2 aromatic carbocycles. The number of amides is 1. The Morgan fingerprint density at radius 3 is 2.34 bits per heavy atom. The van der Waals surface area contributed by atoms with E-state index in [1.165, 1.54) is 10.4 Å². The molecule has 0 radical (unpaired) electrons. The van der Waals surface area contributed by atoms with E-state index in [-0.39, 0.29) is 10.8 Å². The highest BCUT2D eigenvalue weighted by atomic mass is 32.2. The summed E-state index contributed by atoms with van der Waals surface area (Å²) >= 11 is 0. The normalized spacial score (nSPS) is 12.7. The first-order valence-corrected chi connectivity index (χ1v) is 11.2. The van der Waals surface area contributed by atoms with Gasteiger partial charge in [-0.2, -0.15) is 4.31 Å². The lowest BCUT2D eigenvalue weighted by atomic mass is 10.1. The van der Waals surface area contributed by atoms with Gasteiger partial charge in [0.1, 0.15) is 5.75 Å². The van der Waals surface area contributed by atoms with Crippen LogP contribution in [0.25, 0.3) is 0 Å². The fourth-order valence-corrected chi connectivity index (χ4v) is 4.57. The highest BCUT2D eigenvalue weighted by Gasteiger charge is 2.24. The second-order valence-electron chi connectivity index (χ2n) is 7.07. The zero-order valence-corrected chi connectivity index (χ0v) is 18.8. The maximum Gasteiger partial charge on any atom is 0.265 e. The summed E-state index contributed by atoms with van der Waals surface area (Å²) in [5, 5.41) is 2.83. The van der Waals surface area contributed by atoms with E-state index in [0.29, 0.717) is 24.5 Å². The van der Waals surface area contributed by atoms with Gasteiger partial charge in [0.05, 0.1) is 4.90 Å². The lowest BCUT2D eigenvalue weighted by Crippen LogP contribution is -2.32. The lowest BCUT2D eigenvalue weighted by molar-refractivity contribution is -0.122. The van der Waals surface area contributed by atoms with Gasteiger partial charge in [-0.25, -0.2) is 8.42 Å². The summed E-state index contributed by atoms with van der Waals surface area (Å²) in [6.07, 6.45) is -0.737. The van der Waals surface area contributed by atoms with Crippen LogP contribution in [0.3, 0.4) is 0 Å². The molecule has 0 aromatic heterocycles. The number of anilines is 1. The van der Waals surface area contributed by atoms with Crippen LogP contribution in [-0.2, 0) is 14.8 Å². The Morgan fingerprint density at radius 2 is 1.76 bits per heavy atom. The first-order valence-electron chi connectivity index (χ1n) is 9.75. The number of ether oxygens (including phenoxy) is 1. The molecular formula is C22H30N2O4S. The molecule has 6 nitrogen and oxygen atoms in total. The molecule has 0 aliphatic rings. The summed E-state index contributed by atoms with van der Waals surface area (Å²) in [6.45, 7) is 11.7. The van der Waals surface area contributed by atoms with Crippen LogP contribution in [0.5, 0.6) is 5.75 Å². The van der Waals surface area contributed by atoms with Crippen molar-refractivity contribution in [2.45, 2.75) is 52.5 Å². The molecule has 29 heavy (non-hydrogen) atoms. The minimum atomic E-state index is -3.62. The lowest BCUT2D eigenvalue weighted by Gasteiger charge is -2.21. The minimum absolute atomic E-state index is 0.173. The van der Waals surface area contributed by atoms with Crippen molar-refractivity contribution in [3.8, 4) is 5.75 Å². The quantitative estimate of drug-likeness (QED) is 0.702. The van der Waals surface area contributed by atoms with Gasteiger partial charge in [0.25, 0.3) is 5.91 Å². The molecule has 1 amide bonds. The van der Waals surface area contributed by atoms with Gasteiger partial charge in [0.15, 0.2) is 6.10 Å². The topological polar surface area (TPSA) is 75.7 Å². The minimum Gasteiger partial charge on any atom is -0.481 e. The van der Waals surface area contributed by atoms with Crippen molar-refractivity contribution in [2.24, 2.45) is 0 Å². The second-order valence-corrected chi connectivity index (χ2v) is 9.01. The van der Waals surface area contributed by atoms with Crippen molar-refractivity contribution >= 4 is 21.6 Å². The number of sulfonamides is 1. The molecule has 0 heterocycles. The summed E-state index contributed by atoms with van der Waals surface area (Å²) in [6, 6.07) is 10.6. The zero-order valence-electron chi connectivity index (χ0n) is 17.9. The van der Waals surface area contributed by atoms with E-state index < -0.39 is 16.1 Å². The van der Waals surface area contributed by atoms with E-state index in [9.17, 15) is 13.2 Å². The van der Waals surface area contributed by atoms with E-state index in [0.717, 1.165) is 16.7 Å². The number of carbonyl (C=O) groups is 1. The van der Waals surface area contributed by atoms with E-state index in [1.54, 1.807) is 32.9 Å². The summed E-state index contributed by atoms with van der Waals surface area (Å²) in [7, 11) is -3.62. The predicted octanol–water partition coefficient (Wildman–Crippen LogP) is 4.05. The largest absolute Gasteiger partial charge is 0.481 e. The molecule has 0 aliphatic carbocycles. The maximum absolute atomic E-state index is 12.9. The van der Waals surface area contributed by atoms with E-state index in [1.807, 2.05) is 39.0 Å². The van der Waals surface area contributed by atoms with Crippen molar-refractivity contribution in [1.82, 2.24) is 4.31 Å². The molecule has 0 spiro atoms. The molecule has 2 rings (SSSR count). The third kappa shape index (κ3) is 5.36. The Morgan fingerprint density at radius 1 is 1.10 bits per heavy atom. The van der Waals surface area contributed by atoms with Gasteiger partial charge in [0.2, 0.25) is 10.0 Å². The Hall–Kier alpha value is -2.38. The van der Waals surface area contributed by atoms with Crippen LogP contribution in [0.1, 0.15) is 37.5 Å². The number of nitrogens with zero attached hydrogens (tertiary/aromatic N) is 1. The predicted molar refractivity (Wildman–Crippen MR) is 116 cm³/mol. The van der Waals surface area contributed by atoms with Crippen molar-refractivity contribution < 1.29 is 17.9 Å². The van der Waals surface area contributed by atoms with Crippen LogP contribution in [0.2, 0.25) is 0 Å². The SMILES string of the molecule is CCN(CC)S(=O)(=O)c1cc(C)c(C)c(NC(=O)[C@@H](C)Oc2cccc(C)c2)c1. The summed E-state index contributed by atoms with van der Waals surface area (Å²) in [4.78, 5) is 12.8. The van der Waals surface area contributed by atoms with Crippen molar-refractivity contribution in [3.05, 3.63) is 53.1 Å². The number of benzene rings is 2. The molecule has 1 N–H and O–H groups in total. The molecule has 0 saturated heterocycles. The summed E-state index contributed by atoms with van der Waals surface area (Å²) in [5.74, 6) is 0.268. The van der Waals surface area contributed by atoms with Gasteiger partial charge in [-0.05, 0) is 68.7 Å². The Kier molecular flexibility index (Phi) is 7.43. The van der Waals surface area contributed by atoms with Crippen LogP contribution in [-0.4, -0.2) is 37.8 Å². The van der Waals surface area contributed by atoms with E-state index in [2.05, 4.69) is 5.32 Å². The van der Waals surface area contributed by atoms with Gasteiger partial charge in [0, 0.05) is 18.8 Å². The highest BCUT2D eigenvalue weighted by Crippen LogP contribution is 2.26. The highest BCUT2D eigenvalue weighted by molar-refractivity contribution is 7.89. The van der Waals surface area contributed by atoms with Crippen LogP contribution in [0.4, 0.5) is 5.69 Å². The average molecular weight is 419 g/mol. The van der Waals surface area contributed by atoms with Gasteiger partial charge >= 0.3 is 0 Å². The standard InChI is InChI=1S/C22H30N2O4S/c1-7-24(8-2)29(26,27)20-13-16(4)17(5)21(14-20)23-22(25)18(6)28-19-11-9-10-15(3)12-19/h9-14,18H,7-8H2,1-6H3,(H,23,25)/t18-/m1/s1. The Balaban J connectivity index is 2.28. The number of carbonyl (C=O) groups excluding carboxylic acids is 1. The summed E-state index contributed by atoms with van der Waals surface area (Å²) in [5.41, 5.74) is 3.12. The molecular weight excluding hydrogens is 388 g/mol. The molecule has 0 unspecified atom stereocenters. The average Bonchev–Trinajstić information content (AvgIpc) is 2.65. The fourth-order valence-electron chi connectivity index (χ4n) is 3.00. The second kappa shape index (κ2) is 9.41. The first kappa shape index (κ1) is 22.9. The fraction of sp³-hybridized carbons (Fsp3) is 0.409. The van der Waals surface area contributed by atoms with Crippen LogP contribution >= 0.6 is 0 Å². The number of hydrogen-bond donors (Lipinski definition) is 1.